The quantitative estimate of drug-likeness (QED) is 0.831. The number of nitrogens with one attached hydrogen (secondary N) is 1. The van der Waals surface area contributed by atoms with E-state index in [4.69, 9.17) is 21.8 Å². The number of fused-ring (bicyclic) bond motifs is 1. The van der Waals surface area contributed by atoms with E-state index in [0.717, 1.165) is 0 Å². The summed E-state index contributed by atoms with van der Waals surface area (Å²) in [6, 6.07) is 6.97. The number of benzene rings is 1. The number of anilines is 1. The largest absolute Gasteiger partial charge is 0.449 e. The van der Waals surface area contributed by atoms with E-state index in [1.54, 1.807) is 24.3 Å². The smallest absolute Gasteiger partial charge is 0.286 e. The van der Waals surface area contributed by atoms with Crippen LogP contribution in [0.15, 0.2) is 28.7 Å². The van der Waals surface area contributed by atoms with Crippen LogP contribution in [0.3, 0.4) is 0 Å². The normalized spacial score (nSPS) is 10.5. The molecule has 18 heavy (non-hydrogen) atoms. The third-order valence-electron chi connectivity index (χ3n) is 2.41. The van der Waals surface area contributed by atoms with Gasteiger partial charge in [-0.25, -0.2) is 0 Å². The van der Waals surface area contributed by atoms with Crippen LogP contribution in [0.5, 0.6) is 0 Å². The van der Waals surface area contributed by atoms with Crippen LogP contribution in [0.25, 0.3) is 11.0 Å². The molecule has 2 rings (SSSR count). The fourth-order valence-electron chi connectivity index (χ4n) is 1.63. The zero-order chi connectivity index (χ0) is 13.1. The number of alkyl halides is 1. The molecule has 0 saturated heterocycles. The van der Waals surface area contributed by atoms with Gasteiger partial charge in [-0.05, 0) is 12.1 Å². The van der Waals surface area contributed by atoms with E-state index < -0.39 is 5.91 Å². The first-order chi connectivity index (χ1) is 8.63. The molecule has 1 heterocycles. The second-order valence-electron chi connectivity index (χ2n) is 3.65. The average molecular weight is 267 g/mol. The van der Waals surface area contributed by atoms with Crippen LogP contribution in [-0.4, -0.2) is 17.7 Å². The molecule has 0 bridgehead atoms. The third-order valence-corrected chi connectivity index (χ3v) is 2.59. The average Bonchev–Trinajstić information content (AvgIpc) is 2.69. The SMILES string of the molecule is NC(=O)c1oc2ccccc2c1NC(=O)CCCl. The van der Waals surface area contributed by atoms with Crippen LogP contribution in [-0.2, 0) is 4.79 Å². The highest BCUT2D eigenvalue weighted by atomic mass is 35.5. The van der Waals surface area contributed by atoms with Crippen LogP contribution >= 0.6 is 11.6 Å². The van der Waals surface area contributed by atoms with Crippen molar-refractivity contribution in [3.8, 4) is 0 Å². The van der Waals surface area contributed by atoms with Crippen molar-refractivity contribution in [1.29, 1.82) is 0 Å². The van der Waals surface area contributed by atoms with Crippen LogP contribution in [0.2, 0.25) is 0 Å². The molecule has 2 aromatic rings. The Kier molecular flexibility index (Phi) is 3.53. The second kappa shape index (κ2) is 5.10. The Morgan fingerprint density at radius 2 is 2.06 bits per heavy atom. The Morgan fingerprint density at radius 3 is 2.72 bits per heavy atom. The lowest BCUT2D eigenvalue weighted by Crippen LogP contribution is -2.17. The number of furan rings is 1. The van der Waals surface area contributed by atoms with E-state index >= 15 is 0 Å². The molecule has 94 valence electrons. The molecule has 1 aromatic carbocycles. The highest BCUT2D eigenvalue weighted by Crippen LogP contribution is 2.30. The monoisotopic (exact) mass is 266 g/mol. The molecular formula is C12H11ClN2O3. The maximum atomic E-state index is 11.5. The van der Waals surface area contributed by atoms with Crippen molar-refractivity contribution in [2.45, 2.75) is 6.42 Å². The number of hydrogen-bond donors (Lipinski definition) is 2. The van der Waals surface area contributed by atoms with Crippen molar-refractivity contribution in [1.82, 2.24) is 0 Å². The van der Waals surface area contributed by atoms with E-state index in [1.807, 2.05) is 0 Å². The van der Waals surface area contributed by atoms with Crippen molar-refractivity contribution in [2.75, 3.05) is 11.2 Å². The van der Waals surface area contributed by atoms with E-state index in [-0.39, 0.29) is 24.0 Å². The van der Waals surface area contributed by atoms with Crippen molar-refractivity contribution in [3.05, 3.63) is 30.0 Å². The Hall–Kier alpha value is -2.01. The number of carbonyl (C=O) groups is 2. The minimum Gasteiger partial charge on any atom is -0.449 e. The summed E-state index contributed by atoms with van der Waals surface area (Å²) in [7, 11) is 0. The number of para-hydroxylation sites is 1. The number of rotatable bonds is 4. The number of carbonyl (C=O) groups excluding carboxylic acids is 2. The number of hydrogen-bond acceptors (Lipinski definition) is 3. The van der Waals surface area contributed by atoms with Gasteiger partial charge in [0.25, 0.3) is 5.91 Å². The number of halogens is 1. The molecule has 0 aliphatic heterocycles. The van der Waals surface area contributed by atoms with Gasteiger partial charge >= 0.3 is 0 Å². The summed E-state index contributed by atoms with van der Waals surface area (Å²) in [6.45, 7) is 0. The molecule has 5 nitrogen and oxygen atoms in total. The molecule has 0 aliphatic carbocycles. The summed E-state index contributed by atoms with van der Waals surface area (Å²) in [5.74, 6) is -0.876. The fraction of sp³-hybridized carbons (Fsp3) is 0.167. The minimum absolute atomic E-state index is 0.0564. The molecule has 0 fully saturated rings. The van der Waals surface area contributed by atoms with E-state index in [2.05, 4.69) is 5.32 Å². The van der Waals surface area contributed by atoms with Gasteiger partial charge in [0.15, 0.2) is 0 Å². The molecule has 0 saturated carbocycles. The fourth-order valence-corrected chi connectivity index (χ4v) is 1.80. The van der Waals surface area contributed by atoms with Crippen LogP contribution < -0.4 is 11.1 Å². The number of amides is 2. The highest BCUT2D eigenvalue weighted by Gasteiger charge is 2.19. The second-order valence-corrected chi connectivity index (χ2v) is 4.03. The van der Waals surface area contributed by atoms with E-state index in [1.165, 1.54) is 0 Å². The first-order valence-corrected chi connectivity index (χ1v) is 5.84. The summed E-state index contributed by atoms with van der Waals surface area (Å²) in [4.78, 5) is 22.8. The lowest BCUT2D eigenvalue weighted by molar-refractivity contribution is -0.115. The maximum Gasteiger partial charge on any atom is 0.286 e. The van der Waals surface area contributed by atoms with Gasteiger partial charge < -0.3 is 15.5 Å². The molecule has 3 N–H and O–H groups in total. The highest BCUT2D eigenvalue weighted by molar-refractivity contribution is 6.19. The van der Waals surface area contributed by atoms with Gasteiger partial charge in [0.05, 0.1) is 0 Å². The van der Waals surface area contributed by atoms with Gasteiger partial charge in [-0.3, -0.25) is 9.59 Å². The zero-order valence-electron chi connectivity index (χ0n) is 9.40. The van der Waals surface area contributed by atoms with Crippen LogP contribution in [0.4, 0.5) is 5.69 Å². The summed E-state index contributed by atoms with van der Waals surface area (Å²) >= 11 is 5.48. The zero-order valence-corrected chi connectivity index (χ0v) is 10.2. The van der Waals surface area contributed by atoms with Gasteiger partial charge in [0, 0.05) is 17.7 Å². The predicted molar refractivity (Wildman–Crippen MR) is 68.7 cm³/mol. The predicted octanol–water partition coefficient (Wildman–Crippen LogP) is 2.10. The Balaban J connectivity index is 2.48. The first-order valence-electron chi connectivity index (χ1n) is 5.30. The van der Waals surface area contributed by atoms with Crippen LogP contribution in [0.1, 0.15) is 17.0 Å². The number of primary amides is 1. The van der Waals surface area contributed by atoms with Crippen molar-refractivity contribution >= 4 is 40.1 Å². The lowest BCUT2D eigenvalue weighted by atomic mass is 10.2. The van der Waals surface area contributed by atoms with Crippen LogP contribution in [0, 0.1) is 0 Å². The van der Waals surface area contributed by atoms with E-state index in [9.17, 15) is 9.59 Å². The Morgan fingerprint density at radius 1 is 1.33 bits per heavy atom. The molecule has 6 heteroatoms. The molecular weight excluding hydrogens is 256 g/mol. The summed E-state index contributed by atoms with van der Waals surface area (Å²) in [5.41, 5.74) is 6.01. The van der Waals surface area contributed by atoms with Gasteiger partial charge in [-0.2, -0.15) is 0 Å². The number of nitrogens with two attached hydrogens (primary N) is 1. The van der Waals surface area contributed by atoms with Crippen molar-refractivity contribution < 1.29 is 14.0 Å². The van der Waals surface area contributed by atoms with Crippen molar-refractivity contribution in [2.24, 2.45) is 5.73 Å². The first kappa shape index (κ1) is 12.4. The summed E-state index contributed by atoms with van der Waals surface area (Å²) in [5, 5.41) is 3.23. The Bertz CT molecular complexity index is 606. The molecule has 0 atom stereocenters. The van der Waals surface area contributed by atoms with Gasteiger partial charge in [0.1, 0.15) is 11.3 Å². The minimum atomic E-state index is -0.729. The van der Waals surface area contributed by atoms with E-state index in [0.29, 0.717) is 16.7 Å². The van der Waals surface area contributed by atoms with Crippen molar-refractivity contribution in [3.63, 3.8) is 0 Å². The molecule has 0 radical (unpaired) electrons. The molecule has 0 unspecified atom stereocenters. The molecule has 1 aromatic heterocycles. The third kappa shape index (κ3) is 2.31. The Labute approximate surface area is 108 Å². The molecule has 0 spiro atoms. The van der Waals surface area contributed by atoms with Gasteiger partial charge in [-0.1, -0.05) is 12.1 Å². The van der Waals surface area contributed by atoms with Gasteiger partial charge in [-0.15, -0.1) is 11.6 Å². The molecule has 0 aliphatic rings. The summed E-state index contributed by atoms with van der Waals surface area (Å²) < 4.78 is 5.32. The van der Waals surface area contributed by atoms with Gasteiger partial charge in [0.2, 0.25) is 11.7 Å². The molecule has 2 amide bonds. The topological polar surface area (TPSA) is 85.3 Å². The maximum absolute atomic E-state index is 11.5. The summed E-state index contributed by atoms with van der Waals surface area (Å²) in [6.07, 6.45) is 0.152. The standard InChI is InChI=1S/C12H11ClN2O3/c13-6-5-9(16)15-10-7-3-1-2-4-8(7)18-11(10)12(14)17/h1-4H,5-6H2,(H2,14,17)(H,15,16). The lowest BCUT2D eigenvalue weighted by Gasteiger charge is -2.02.